The lowest BCUT2D eigenvalue weighted by molar-refractivity contribution is 2.50. The zero-order chi connectivity index (χ0) is 0. The second-order valence-corrected chi connectivity index (χ2v) is 0. The Labute approximate surface area is 613 Å². The summed E-state index contributed by atoms with van der Waals surface area (Å²) in [6, 6.07) is 0. The van der Waals surface area contributed by atoms with Gasteiger partial charge < -0.3 is 0 Å². The molecule has 0 radical (unpaired) electrons. The van der Waals surface area contributed by atoms with Gasteiger partial charge in [-0.25, -0.2) is 0 Å². The van der Waals surface area contributed by atoms with Gasteiger partial charge in [-0.2, -0.15) is 0 Å². The first-order chi connectivity index (χ1) is 0. The molecule has 0 fully saturated rings. The fraction of sp³-hybridized carbons (Fsp3) is 1.00. The number of hydrogen-bond acceptors (Lipinski definition) is 0. The maximum absolute atomic E-state index is 0. The Morgan fingerprint density at radius 3 is 0.0120 bits per heavy atom. The summed E-state index contributed by atoms with van der Waals surface area (Å²) < 4.78 is 0. The van der Waals surface area contributed by atoms with Gasteiger partial charge >= 0.3 is 0 Å². The molecule has 664 valence electrons. The molecule has 0 amide bonds. The van der Waals surface area contributed by atoms with Crippen molar-refractivity contribution in [3.8, 4) is 0 Å². The summed E-state index contributed by atoms with van der Waals surface area (Å²) in [4.78, 5) is 0. The maximum atomic E-state index is 0. The van der Waals surface area contributed by atoms with E-state index >= 15 is 0 Å². The highest BCUT2D eigenvalue weighted by molar-refractivity contribution is 2.58. The fourth-order valence-corrected chi connectivity index (χ4v) is 0. The summed E-state index contributed by atoms with van der Waals surface area (Å²) in [5.41, 5.74) is 0. The van der Waals surface area contributed by atoms with Gasteiger partial charge in [0.15, 0.2) is 0 Å². The molecule has 0 saturated carbocycles. The standard InChI is InChI=1S/83CH4/h83*1H4. The van der Waals surface area contributed by atoms with Crippen LogP contribution in [-0.4, -0.2) is 0 Å². The monoisotopic (exact) mass is 1330 g/mol. The first-order valence-corrected chi connectivity index (χ1v) is 0. The van der Waals surface area contributed by atoms with E-state index in [1.165, 1.54) is 0 Å². The first-order valence-electron chi connectivity index (χ1n) is 0. The highest BCUT2D eigenvalue weighted by atomic mass is 12.1. The Bertz CT molecular complexity index is 0. The van der Waals surface area contributed by atoms with E-state index in [0.29, 0.717) is 0 Å². The summed E-state index contributed by atoms with van der Waals surface area (Å²) >= 11 is 0. The number of hydrogen-bond donors (Lipinski definition) is 0. The maximum Gasteiger partial charge on any atom is -0.0776 e. The molecule has 0 atom stereocenters. The molecule has 0 heterocycles. The largest absolute Gasteiger partial charge is 0.0776 e. The fourth-order valence-electron chi connectivity index (χ4n) is 0. The quantitative estimate of drug-likeness (QED) is 0.227. The van der Waals surface area contributed by atoms with Gasteiger partial charge in [-0.1, -0.05) is 616 Å². The lowest BCUT2D eigenvalue weighted by Gasteiger charge is -0.0786. The molecule has 0 nitrogen and oxygen atoms in total. The van der Waals surface area contributed by atoms with Gasteiger partial charge in [0.05, 0.1) is 0 Å². The Balaban J connectivity index is 0. The summed E-state index contributed by atoms with van der Waals surface area (Å²) in [6.45, 7) is 0. The minimum absolute atomic E-state index is 0. The van der Waals surface area contributed by atoms with Crippen LogP contribution in [0.25, 0.3) is 0 Å². The summed E-state index contributed by atoms with van der Waals surface area (Å²) in [5, 5.41) is 0. The van der Waals surface area contributed by atoms with Crippen LogP contribution < -0.4 is 0 Å². The van der Waals surface area contributed by atoms with Crippen molar-refractivity contribution >= 4 is 0 Å². The predicted molar refractivity (Wildman–Crippen MR) is 559 cm³/mol. The van der Waals surface area contributed by atoms with Crippen molar-refractivity contribution in [3.63, 3.8) is 0 Å². The molecule has 0 heteroatoms. The van der Waals surface area contributed by atoms with Crippen molar-refractivity contribution in [1.82, 2.24) is 0 Å². The molecule has 0 aromatic rings. The van der Waals surface area contributed by atoms with Crippen LogP contribution in [0.1, 0.15) is 616 Å². The minimum Gasteiger partial charge on any atom is -0.0776 e. The normalized spacial score (nSPS) is 0. The van der Waals surface area contributed by atoms with Gasteiger partial charge in [0.1, 0.15) is 0 Å². The van der Waals surface area contributed by atoms with Crippen molar-refractivity contribution in [2.24, 2.45) is 0 Å². The molecule has 0 N–H and O–H groups in total. The molecule has 83 heavy (non-hydrogen) atoms. The lowest BCUT2D eigenvalue weighted by Crippen LogP contribution is 0.143. The Kier molecular flexibility index (Phi) is 0. The predicted octanol–water partition coefficient (Wildman–Crippen LogP) is 52.8. The third-order valence-electron chi connectivity index (χ3n) is 0. The van der Waals surface area contributed by atoms with Crippen LogP contribution in [0, 0.1) is 0 Å². The van der Waals surface area contributed by atoms with Crippen LogP contribution in [0.15, 0.2) is 0 Å². The van der Waals surface area contributed by atoms with Crippen molar-refractivity contribution in [2.75, 3.05) is 0 Å². The van der Waals surface area contributed by atoms with Crippen LogP contribution in [0.3, 0.4) is 0 Å². The summed E-state index contributed by atoms with van der Waals surface area (Å²) in [6.07, 6.45) is 0. The van der Waals surface area contributed by atoms with E-state index in [4.69, 9.17) is 0 Å². The van der Waals surface area contributed by atoms with Crippen molar-refractivity contribution in [3.05, 3.63) is 0 Å². The number of rotatable bonds is 0. The Hall–Kier alpha value is 0. The first kappa shape index (κ1) is 0. The smallest absolute Gasteiger partial charge is 0.0776 e. The SMILES string of the molecule is C.C.C.C.C.C.C.C.C.C.C.C.C.C.C.C.C.C.C.C.C.C.C.C.C.C.C.C.C.C.C.C.C.C.C.C.C.C.C.C.C.C.C.C.C.C.C.C.C.C.C.C.C.C.C.C.C.C.C.C.C.C.C.C.C.C.C.C.C.C.C.C.C.C.C.C.C.C.C.C.C.C.C. The average Bonchev–Trinajstić information content (AvgIpc) is 0. The molecule has 0 aliphatic carbocycles. The van der Waals surface area contributed by atoms with Crippen LogP contribution in [0.4, 0.5) is 0 Å². The van der Waals surface area contributed by atoms with E-state index in [0.717, 1.165) is 0 Å². The second kappa shape index (κ2) is 0. The minimum atomic E-state index is 0. The molecule has 0 bridgehead atoms. The third kappa shape index (κ3) is 0. The summed E-state index contributed by atoms with van der Waals surface area (Å²) in [5.74, 6) is 0. The van der Waals surface area contributed by atoms with Gasteiger partial charge in [0, 0.05) is 0 Å². The molecule has 0 aliphatic heterocycles. The zero-order valence-corrected chi connectivity index (χ0v) is 0. The third-order valence-corrected chi connectivity index (χ3v) is 0. The van der Waals surface area contributed by atoms with Gasteiger partial charge in [-0.3, -0.25) is 0 Å². The topological polar surface area (TPSA) is 0 Å². The van der Waals surface area contributed by atoms with E-state index < -0.39 is 0 Å². The molecule has 0 aromatic heterocycles. The zero-order valence-electron chi connectivity index (χ0n) is 0. The molecular formula is C83H332. The average molecular weight is 1330 g/mol. The van der Waals surface area contributed by atoms with Gasteiger partial charge in [-0.15, -0.1) is 0 Å². The Morgan fingerprint density at radius 1 is 0.0120 bits per heavy atom. The van der Waals surface area contributed by atoms with Gasteiger partial charge in [0.2, 0.25) is 0 Å². The molecule has 0 aliphatic rings. The van der Waals surface area contributed by atoms with Gasteiger partial charge in [-0.05, 0) is 0 Å². The van der Waals surface area contributed by atoms with Crippen molar-refractivity contribution in [2.45, 2.75) is 616 Å². The van der Waals surface area contributed by atoms with E-state index in [-0.39, 0.29) is 616 Å². The van der Waals surface area contributed by atoms with Crippen LogP contribution in [0.2, 0.25) is 0 Å². The Morgan fingerprint density at radius 2 is 0.0120 bits per heavy atom. The van der Waals surface area contributed by atoms with Crippen molar-refractivity contribution < 1.29 is 0 Å². The molecule has 0 aromatic carbocycles. The molecule has 0 saturated heterocycles. The second-order valence-electron chi connectivity index (χ2n) is 0. The molecule has 0 spiro atoms. The van der Waals surface area contributed by atoms with Crippen LogP contribution in [0.5, 0.6) is 0 Å². The van der Waals surface area contributed by atoms with E-state index in [9.17, 15) is 0 Å². The molecular weight excluding hydrogens is 997 g/mol. The van der Waals surface area contributed by atoms with Crippen LogP contribution >= 0.6 is 0 Å². The van der Waals surface area contributed by atoms with E-state index in [1.54, 1.807) is 0 Å². The van der Waals surface area contributed by atoms with E-state index in [1.807, 2.05) is 0 Å². The van der Waals surface area contributed by atoms with Crippen molar-refractivity contribution in [1.29, 1.82) is 0 Å². The lowest BCUT2D eigenvalue weighted by atomic mass is 12.0. The highest BCUT2D eigenvalue weighted by Crippen LogP contribution is 0.226. The molecule has 0 unspecified atom stereocenters. The van der Waals surface area contributed by atoms with Gasteiger partial charge in [0.25, 0.3) is 0 Å². The van der Waals surface area contributed by atoms with E-state index in [2.05, 4.69) is 0 Å². The van der Waals surface area contributed by atoms with Crippen LogP contribution in [-0.2, 0) is 0 Å². The summed E-state index contributed by atoms with van der Waals surface area (Å²) in [7, 11) is 0. The molecule has 0 rings (SSSR count). The highest BCUT2D eigenvalue weighted by Gasteiger charge is 0.00444.